The molecule has 6 N–H and O–H groups in total. The molecule has 7 nitrogen and oxygen atoms in total. The zero-order chi connectivity index (χ0) is 19.6. The first kappa shape index (κ1) is 25.7. The van der Waals surface area contributed by atoms with Gasteiger partial charge >= 0.3 is 0 Å². The quantitative estimate of drug-likeness (QED) is 0.181. The number of rotatable bonds is 19. The summed E-state index contributed by atoms with van der Waals surface area (Å²) >= 11 is 0. The summed E-state index contributed by atoms with van der Waals surface area (Å²) in [4.78, 5) is 0. The maximum Gasteiger partial charge on any atom is 0.111 e. The van der Waals surface area contributed by atoms with E-state index in [1.807, 2.05) is 0 Å². The summed E-state index contributed by atoms with van der Waals surface area (Å²) in [6, 6.07) is 0. The van der Waals surface area contributed by atoms with Crippen molar-refractivity contribution in [3.05, 3.63) is 0 Å². The van der Waals surface area contributed by atoms with Crippen LogP contribution in [0.4, 0.5) is 0 Å². The third kappa shape index (κ3) is 13.9. The van der Waals surface area contributed by atoms with E-state index in [-0.39, 0.29) is 6.54 Å². The lowest BCUT2D eigenvalue weighted by molar-refractivity contribution is -0.113. The molecule has 158 valence electrons. The van der Waals surface area contributed by atoms with Gasteiger partial charge in [0.15, 0.2) is 0 Å². The highest BCUT2D eigenvalue weighted by Crippen LogP contribution is 2.08. The number of unbranched alkanes of at least 4 members (excludes halogenated alkanes) is 7. The van der Waals surface area contributed by atoms with E-state index in [1.165, 1.54) is 44.9 Å². The van der Waals surface area contributed by atoms with Crippen LogP contribution in [0.15, 0.2) is 0 Å². The Bertz CT molecular complexity index is 295. The van der Waals surface area contributed by atoms with Gasteiger partial charge in [-0.05, 0) is 19.4 Å². The second-order valence-corrected chi connectivity index (χ2v) is 6.94. The normalized spacial score (nSPS) is 16.4. The van der Waals surface area contributed by atoms with E-state index in [4.69, 9.17) is 9.84 Å². The van der Waals surface area contributed by atoms with Gasteiger partial charge in [-0.1, -0.05) is 51.9 Å². The molecule has 0 aromatic heterocycles. The monoisotopic (exact) mass is 379 g/mol. The molecule has 0 aromatic carbocycles. The van der Waals surface area contributed by atoms with E-state index in [1.54, 1.807) is 0 Å². The number of hydrogen-bond donors (Lipinski definition) is 6. The van der Waals surface area contributed by atoms with E-state index in [0.29, 0.717) is 13.2 Å². The summed E-state index contributed by atoms with van der Waals surface area (Å²) < 4.78 is 5.56. The number of ether oxygens (including phenoxy) is 1. The Labute approximate surface area is 158 Å². The summed E-state index contributed by atoms with van der Waals surface area (Å²) in [6.45, 7) is 3.70. The topological polar surface area (TPSA) is 122 Å². The average molecular weight is 380 g/mol. The van der Waals surface area contributed by atoms with E-state index in [2.05, 4.69) is 12.2 Å². The zero-order valence-electron chi connectivity index (χ0n) is 16.4. The fourth-order valence-electron chi connectivity index (χ4n) is 2.67. The van der Waals surface area contributed by atoms with Crippen molar-refractivity contribution < 1.29 is 30.3 Å². The van der Waals surface area contributed by atoms with Crippen LogP contribution in [-0.2, 0) is 4.74 Å². The van der Waals surface area contributed by atoms with Gasteiger partial charge in [-0.15, -0.1) is 0 Å². The highest BCUT2D eigenvalue weighted by atomic mass is 16.5. The first-order chi connectivity index (χ1) is 12.5. The average Bonchev–Trinajstić information content (AvgIpc) is 2.66. The van der Waals surface area contributed by atoms with Gasteiger partial charge in [-0.2, -0.15) is 0 Å². The van der Waals surface area contributed by atoms with Crippen LogP contribution in [0.5, 0.6) is 0 Å². The zero-order valence-corrected chi connectivity index (χ0v) is 16.4. The van der Waals surface area contributed by atoms with Crippen molar-refractivity contribution in [3.8, 4) is 0 Å². The van der Waals surface area contributed by atoms with Crippen LogP contribution in [0, 0.1) is 0 Å². The molecule has 0 heterocycles. The predicted octanol–water partition coefficient (Wildman–Crippen LogP) is 0.559. The molecule has 0 radical (unpaired) electrons. The van der Waals surface area contributed by atoms with Crippen molar-refractivity contribution in [1.29, 1.82) is 0 Å². The third-order valence-electron chi connectivity index (χ3n) is 4.46. The number of hydrogen-bond acceptors (Lipinski definition) is 7. The fraction of sp³-hybridized carbons (Fsp3) is 1.00. The molecule has 0 rings (SSSR count). The maximum absolute atomic E-state index is 9.73. The summed E-state index contributed by atoms with van der Waals surface area (Å²) in [7, 11) is 0. The van der Waals surface area contributed by atoms with E-state index < -0.39 is 31.0 Å². The highest BCUT2D eigenvalue weighted by molar-refractivity contribution is 4.81. The van der Waals surface area contributed by atoms with Crippen molar-refractivity contribution in [1.82, 2.24) is 5.32 Å². The van der Waals surface area contributed by atoms with Gasteiger partial charge in [0.1, 0.15) is 18.3 Å². The number of aliphatic hydroxyl groups is 5. The van der Waals surface area contributed by atoms with Crippen molar-refractivity contribution in [2.45, 2.75) is 89.1 Å². The summed E-state index contributed by atoms with van der Waals surface area (Å²) in [5, 5.41) is 49.8. The first-order valence-electron chi connectivity index (χ1n) is 10.2. The first-order valence-corrected chi connectivity index (χ1v) is 10.2. The minimum atomic E-state index is -1.58. The molecule has 0 aliphatic carbocycles. The Morgan fingerprint density at radius 2 is 1.27 bits per heavy atom. The lowest BCUT2D eigenvalue weighted by Gasteiger charge is -2.25. The molecule has 0 spiro atoms. The molecule has 0 saturated heterocycles. The second kappa shape index (κ2) is 18.1. The van der Waals surface area contributed by atoms with Gasteiger partial charge in [-0.3, -0.25) is 0 Å². The van der Waals surface area contributed by atoms with Gasteiger partial charge in [0.2, 0.25) is 0 Å². The molecule has 0 unspecified atom stereocenters. The lowest BCUT2D eigenvalue weighted by Crippen LogP contribution is -2.49. The van der Waals surface area contributed by atoms with Gasteiger partial charge < -0.3 is 35.6 Å². The Kier molecular flexibility index (Phi) is 17.9. The Morgan fingerprint density at radius 1 is 0.731 bits per heavy atom. The van der Waals surface area contributed by atoms with Crippen molar-refractivity contribution in [2.75, 3.05) is 32.9 Å². The van der Waals surface area contributed by atoms with Gasteiger partial charge in [0.05, 0.1) is 12.7 Å². The molecule has 0 bridgehead atoms. The highest BCUT2D eigenvalue weighted by Gasteiger charge is 2.29. The van der Waals surface area contributed by atoms with E-state index in [9.17, 15) is 20.4 Å². The fourth-order valence-corrected chi connectivity index (χ4v) is 2.67. The SMILES string of the molecule is CCCCCCCCCCOCCCNC[C@H](O)[C@@H](O)[C@H](O)[C@H](O)CO. The smallest absolute Gasteiger partial charge is 0.111 e. The molecule has 26 heavy (non-hydrogen) atoms. The van der Waals surface area contributed by atoms with Crippen LogP contribution in [0.3, 0.4) is 0 Å². The summed E-state index contributed by atoms with van der Waals surface area (Å²) in [5.74, 6) is 0. The summed E-state index contributed by atoms with van der Waals surface area (Å²) in [5.41, 5.74) is 0. The van der Waals surface area contributed by atoms with Crippen molar-refractivity contribution in [2.24, 2.45) is 0 Å². The number of nitrogens with one attached hydrogen (secondary N) is 1. The molecule has 0 fully saturated rings. The minimum absolute atomic E-state index is 0.0917. The Balaban J connectivity index is 3.37. The van der Waals surface area contributed by atoms with Gasteiger partial charge in [0, 0.05) is 19.8 Å². The molecule has 4 atom stereocenters. The van der Waals surface area contributed by atoms with Crippen LogP contribution in [0.2, 0.25) is 0 Å². The molecule has 7 heteroatoms. The van der Waals surface area contributed by atoms with E-state index in [0.717, 1.165) is 19.4 Å². The number of aliphatic hydroxyl groups excluding tert-OH is 5. The second-order valence-electron chi connectivity index (χ2n) is 6.94. The lowest BCUT2D eigenvalue weighted by atomic mass is 10.0. The van der Waals surface area contributed by atoms with Crippen LogP contribution >= 0.6 is 0 Å². The Morgan fingerprint density at radius 3 is 1.88 bits per heavy atom. The molecule has 0 aliphatic rings. The van der Waals surface area contributed by atoms with Crippen LogP contribution in [-0.4, -0.2) is 82.9 Å². The summed E-state index contributed by atoms with van der Waals surface area (Å²) in [6.07, 6.45) is 5.27. The van der Waals surface area contributed by atoms with Crippen LogP contribution in [0.25, 0.3) is 0 Å². The van der Waals surface area contributed by atoms with Crippen molar-refractivity contribution in [3.63, 3.8) is 0 Å². The molecule has 0 saturated carbocycles. The van der Waals surface area contributed by atoms with Gasteiger partial charge in [-0.25, -0.2) is 0 Å². The Hall–Kier alpha value is -0.280. The molecular formula is C19H41NO6. The molecular weight excluding hydrogens is 338 g/mol. The third-order valence-corrected chi connectivity index (χ3v) is 4.46. The standard InChI is InChI=1S/C19H41NO6/c1-2-3-4-5-6-7-8-9-12-26-13-10-11-20-14-16(22)18(24)19(25)17(23)15-21/h16-25H,2-15H2,1H3/t16-,17+,18+,19+/m0/s1. The molecule has 0 amide bonds. The molecule has 0 aliphatic heterocycles. The van der Waals surface area contributed by atoms with Crippen LogP contribution in [0.1, 0.15) is 64.7 Å². The molecule has 0 aromatic rings. The predicted molar refractivity (Wildman–Crippen MR) is 102 cm³/mol. The van der Waals surface area contributed by atoms with E-state index >= 15 is 0 Å². The largest absolute Gasteiger partial charge is 0.394 e. The maximum atomic E-state index is 9.73. The minimum Gasteiger partial charge on any atom is -0.394 e. The van der Waals surface area contributed by atoms with Crippen LogP contribution < -0.4 is 5.32 Å². The van der Waals surface area contributed by atoms with Crippen molar-refractivity contribution >= 4 is 0 Å². The van der Waals surface area contributed by atoms with Gasteiger partial charge in [0.25, 0.3) is 0 Å².